The minimum Gasteiger partial charge on any atom is -0.355 e. The van der Waals surface area contributed by atoms with Gasteiger partial charge in [-0.3, -0.25) is 9.78 Å². The van der Waals surface area contributed by atoms with Gasteiger partial charge in [-0.2, -0.15) is 0 Å². The number of thiophene rings is 1. The molecule has 4 rings (SSSR count). The highest BCUT2D eigenvalue weighted by atomic mass is 32.1. The van der Waals surface area contributed by atoms with E-state index >= 15 is 0 Å². The van der Waals surface area contributed by atoms with E-state index in [4.69, 9.17) is 0 Å². The summed E-state index contributed by atoms with van der Waals surface area (Å²) in [6.45, 7) is 4.70. The summed E-state index contributed by atoms with van der Waals surface area (Å²) in [7, 11) is 0. The van der Waals surface area contributed by atoms with Gasteiger partial charge in [0, 0.05) is 36.9 Å². The summed E-state index contributed by atoms with van der Waals surface area (Å²) < 4.78 is 0. The van der Waals surface area contributed by atoms with Gasteiger partial charge < -0.3 is 9.80 Å². The second-order valence-electron chi connectivity index (χ2n) is 6.61. The van der Waals surface area contributed by atoms with Gasteiger partial charge in [-0.25, -0.2) is 4.98 Å². The van der Waals surface area contributed by atoms with Crippen LogP contribution in [-0.4, -0.2) is 40.4 Å². The van der Waals surface area contributed by atoms with E-state index in [1.807, 2.05) is 11.3 Å². The molecule has 2 atom stereocenters. The second-order valence-corrected chi connectivity index (χ2v) is 7.61. The Morgan fingerprint density at radius 2 is 2.25 bits per heavy atom. The summed E-state index contributed by atoms with van der Waals surface area (Å²) in [5, 5.41) is 2.14. The average molecular weight is 342 g/mol. The number of fused-ring (bicyclic) bond motifs is 1. The lowest BCUT2D eigenvalue weighted by Crippen LogP contribution is -2.47. The molecule has 0 N–H and O–H groups in total. The van der Waals surface area contributed by atoms with Crippen molar-refractivity contribution in [3.63, 3.8) is 0 Å². The normalized spacial score (nSPS) is 23.9. The number of carbonyl (C=O) groups is 1. The lowest BCUT2D eigenvalue weighted by atomic mass is 9.93. The fraction of sp³-hybridized carbons (Fsp3) is 0.500. The molecule has 1 amide bonds. The highest BCUT2D eigenvalue weighted by Gasteiger charge is 2.34. The Morgan fingerprint density at radius 1 is 1.33 bits per heavy atom. The Morgan fingerprint density at radius 3 is 3.08 bits per heavy atom. The van der Waals surface area contributed by atoms with Crippen LogP contribution in [0.5, 0.6) is 0 Å². The molecule has 0 bridgehead atoms. The maximum absolute atomic E-state index is 13.1. The zero-order chi connectivity index (χ0) is 16.5. The highest BCUT2D eigenvalue weighted by molar-refractivity contribution is 7.10. The first-order chi connectivity index (χ1) is 11.7. The molecule has 2 aromatic heterocycles. The standard InChI is InChI=1S/C18H22N4OS/c1-13-15-5-10-24-16(15)4-9-22(13)18(23)14-3-2-8-21(12-14)17-11-19-6-7-20-17/h5-7,10-11,13-14H,2-4,8-9,12H2,1H3/t13-,14-/m0/s1. The smallest absolute Gasteiger partial charge is 0.227 e. The first-order valence-electron chi connectivity index (χ1n) is 8.62. The zero-order valence-corrected chi connectivity index (χ0v) is 14.7. The summed E-state index contributed by atoms with van der Waals surface area (Å²) in [6, 6.07) is 2.37. The van der Waals surface area contributed by atoms with E-state index < -0.39 is 0 Å². The van der Waals surface area contributed by atoms with Gasteiger partial charge in [-0.05, 0) is 43.2 Å². The van der Waals surface area contributed by atoms with Gasteiger partial charge in [0.25, 0.3) is 0 Å². The molecule has 5 nitrogen and oxygen atoms in total. The van der Waals surface area contributed by atoms with E-state index in [2.05, 4.69) is 38.1 Å². The molecule has 2 aliphatic rings. The number of carbonyl (C=O) groups excluding carboxylic acids is 1. The Bertz CT molecular complexity index is 717. The number of amides is 1. The van der Waals surface area contributed by atoms with Crippen LogP contribution >= 0.6 is 11.3 Å². The van der Waals surface area contributed by atoms with Crippen molar-refractivity contribution in [2.75, 3.05) is 24.5 Å². The van der Waals surface area contributed by atoms with Crippen molar-refractivity contribution >= 4 is 23.1 Å². The van der Waals surface area contributed by atoms with Gasteiger partial charge in [-0.1, -0.05) is 0 Å². The fourth-order valence-corrected chi connectivity index (χ4v) is 4.85. The van der Waals surface area contributed by atoms with Crippen molar-refractivity contribution in [3.8, 4) is 0 Å². The highest BCUT2D eigenvalue weighted by Crippen LogP contribution is 2.34. The quantitative estimate of drug-likeness (QED) is 0.842. The molecule has 0 aromatic carbocycles. The van der Waals surface area contributed by atoms with Gasteiger partial charge in [0.15, 0.2) is 0 Å². The summed E-state index contributed by atoms with van der Waals surface area (Å²) in [6.07, 6.45) is 8.17. The van der Waals surface area contributed by atoms with Crippen LogP contribution in [-0.2, 0) is 11.2 Å². The van der Waals surface area contributed by atoms with Crippen molar-refractivity contribution in [1.29, 1.82) is 0 Å². The largest absolute Gasteiger partial charge is 0.355 e. The van der Waals surface area contributed by atoms with E-state index in [0.29, 0.717) is 5.91 Å². The molecule has 0 radical (unpaired) electrons. The molecule has 1 saturated heterocycles. The minimum atomic E-state index is 0.0587. The van der Waals surface area contributed by atoms with E-state index in [-0.39, 0.29) is 12.0 Å². The number of piperidine rings is 1. The van der Waals surface area contributed by atoms with E-state index in [9.17, 15) is 4.79 Å². The number of hydrogen-bond donors (Lipinski definition) is 0. The fourth-order valence-electron chi connectivity index (χ4n) is 3.89. The van der Waals surface area contributed by atoms with Gasteiger partial charge in [0.05, 0.1) is 18.2 Å². The van der Waals surface area contributed by atoms with Crippen molar-refractivity contribution < 1.29 is 4.79 Å². The molecule has 0 unspecified atom stereocenters. The third-order valence-corrected chi connectivity index (χ3v) is 6.20. The van der Waals surface area contributed by atoms with E-state index in [1.54, 1.807) is 18.6 Å². The van der Waals surface area contributed by atoms with Crippen molar-refractivity contribution in [1.82, 2.24) is 14.9 Å². The molecular weight excluding hydrogens is 320 g/mol. The Hall–Kier alpha value is -1.95. The first kappa shape index (κ1) is 15.6. The maximum atomic E-state index is 13.1. The molecule has 2 aromatic rings. The predicted molar refractivity (Wildman–Crippen MR) is 95.1 cm³/mol. The lowest BCUT2D eigenvalue weighted by molar-refractivity contribution is -0.138. The van der Waals surface area contributed by atoms with Crippen LogP contribution in [0.25, 0.3) is 0 Å². The van der Waals surface area contributed by atoms with Crippen molar-refractivity contribution in [2.45, 2.75) is 32.2 Å². The number of hydrogen-bond acceptors (Lipinski definition) is 5. The molecular formula is C18H22N4OS. The second kappa shape index (κ2) is 6.51. The van der Waals surface area contributed by atoms with Gasteiger partial charge in [-0.15, -0.1) is 11.3 Å². The van der Waals surface area contributed by atoms with Crippen LogP contribution < -0.4 is 4.90 Å². The molecule has 1 fully saturated rings. The first-order valence-corrected chi connectivity index (χ1v) is 9.49. The number of nitrogens with zero attached hydrogens (tertiary/aromatic N) is 4. The predicted octanol–water partition coefficient (Wildman–Crippen LogP) is 2.90. The molecule has 0 saturated carbocycles. The van der Waals surface area contributed by atoms with Crippen molar-refractivity contribution in [3.05, 3.63) is 40.5 Å². The van der Waals surface area contributed by atoms with Crippen LogP contribution in [0.15, 0.2) is 30.0 Å². The molecule has 0 spiro atoms. The summed E-state index contributed by atoms with van der Waals surface area (Å²) >= 11 is 1.81. The Balaban J connectivity index is 1.48. The van der Waals surface area contributed by atoms with Gasteiger partial charge in [0.2, 0.25) is 5.91 Å². The minimum absolute atomic E-state index is 0.0587. The number of anilines is 1. The number of rotatable bonds is 2. The Kier molecular flexibility index (Phi) is 4.22. The van der Waals surface area contributed by atoms with Crippen LogP contribution in [0.4, 0.5) is 5.82 Å². The maximum Gasteiger partial charge on any atom is 0.227 e. The van der Waals surface area contributed by atoms with E-state index in [1.165, 1.54) is 10.4 Å². The third kappa shape index (κ3) is 2.79. The summed E-state index contributed by atoms with van der Waals surface area (Å²) in [5.74, 6) is 1.23. The van der Waals surface area contributed by atoms with Crippen LogP contribution in [0.3, 0.4) is 0 Å². The SMILES string of the molecule is C[C@H]1c2ccsc2CCN1C(=O)[C@H]1CCCN(c2cnccn2)C1. The monoisotopic (exact) mass is 342 g/mol. The van der Waals surface area contributed by atoms with Gasteiger partial charge >= 0.3 is 0 Å². The molecule has 126 valence electrons. The zero-order valence-electron chi connectivity index (χ0n) is 13.9. The summed E-state index contributed by atoms with van der Waals surface area (Å²) in [5.41, 5.74) is 1.33. The van der Waals surface area contributed by atoms with Gasteiger partial charge in [0.1, 0.15) is 5.82 Å². The average Bonchev–Trinajstić information content (AvgIpc) is 3.12. The van der Waals surface area contributed by atoms with Crippen molar-refractivity contribution in [2.24, 2.45) is 5.92 Å². The van der Waals surface area contributed by atoms with E-state index in [0.717, 1.165) is 44.7 Å². The molecule has 0 aliphatic carbocycles. The molecule has 6 heteroatoms. The molecule has 4 heterocycles. The lowest BCUT2D eigenvalue weighted by Gasteiger charge is -2.39. The topological polar surface area (TPSA) is 49.3 Å². The third-order valence-electron chi connectivity index (χ3n) is 5.20. The summed E-state index contributed by atoms with van der Waals surface area (Å²) in [4.78, 5) is 27.4. The van der Waals surface area contributed by atoms with Crippen LogP contribution in [0.1, 0.15) is 36.2 Å². The Labute approximate surface area is 146 Å². The molecule has 2 aliphatic heterocycles. The van der Waals surface area contributed by atoms with Crippen LogP contribution in [0, 0.1) is 5.92 Å². The van der Waals surface area contributed by atoms with Crippen LogP contribution in [0.2, 0.25) is 0 Å². The number of aromatic nitrogens is 2. The molecule has 24 heavy (non-hydrogen) atoms.